The third-order valence-electron chi connectivity index (χ3n) is 4.14. The number of nitrogens with one attached hydrogen (secondary N) is 1. The Hall–Kier alpha value is -0.0400. The average Bonchev–Trinajstić information content (AvgIpc) is 2.54. The molecule has 0 bridgehead atoms. The van der Waals surface area contributed by atoms with Crippen LogP contribution in [-0.2, 0) is 0 Å². The van der Waals surface area contributed by atoms with Gasteiger partial charge in [0.15, 0.2) is 0 Å². The molecule has 0 radical (unpaired) electrons. The van der Waals surface area contributed by atoms with Crippen molar-refractivity contribution in [1.82, 2.24) is 5.32 Å². The predicted molar refractivity (Wildman–Crippen MR) is 61.4 cm³/mol. The summed E-state index contributed by atoms with van der Waals surface area (Å²) in [6.45, 7) is 3.66. The second-order valence-corrected chi connectivity index (χ2v) is 5.49. The maximum Gasteiger partial charge on any atom is 0.00414 e. The summed E-state index contributed by atoms with van der Waals surface area (Å²) in [5, 5.41) is 3.71. The molecule has 14 heavy (non-hydrogen) atoms. The molecule has 0 aliphatic heterocycles. The molecule has 0 aromatic heterocycles. The Labute approximate surface area is 88.7 Å². The first-order chi connectivity index (χ1) is 6.84. The van der Waals surface area contributed by atoms with Gasteiger partial charge in [-0.25, -0.2) is 0 Å². The smallest absolute Gasteiger partial charge is 0.00414 e. The van der Waals surface area contributed by atoms with Crippen LogP contribution >= 0.6 is 0 Å². The Balaban J connectivity index is 1.55. The van der Waals surface area contributed by atoms with E-state index in [1.165, 1.54) is 57.9 Å². The number of hydrogen-bond acceptors (Lipinski definition) is 1. The van der Waals surface area contributed by atoms with Crippen LogP contribution in [0.5, 0.6) is 0 Å². The Bertz CT molecular complexity index is 157. The maximum absolute atomic E-state index is 3.71. The molecule has 0 spiro atoms. The van der Waals surface area contributed by atoms with Crippen LogP contribution in [0.4, 0.5) is 0 Å². The summed E-state index contributed by atoms with van der Waals surface area (Å²) in [5.41, 5.74) is 0. The van der Waals surface area contributed by atoms with Crippen LogP contribution in [0.1, 0.15) is 58.3 Å². The normalized spacial score (nSPS) is 26.4. The van der Waals surface area contributed by atoms with E-state index in [9.17, 15) is 0 Å². The molecule has 0 amide bonds. The van der Waals surface area contributed by atoms with Crippen LogP contribution in [0, 0.1) is 11.8 Å². The summed E-state index contributed by atoms with van der Waals surface area (Å²) in [7, 11) is 0. The first-order valence-corrected chi connectivity index (χ1v) is 6.58. The molecule has 2 aliphatic carbocycles. The summed E-state index contributed by atoms with van der Waals surface area (Å²) in [5.74, 6) is 2.06. The highest BCUT2D eigenvalue weighted by atomic mass is 14.9. The van der Waals surface area contributed by atoms with Crippen molar-refractivity contribution in [3.8, 4) is 0 Å². The zero-order valence-electron chi connectivity index (χ0n) is 9.60. The minimum absolute atomic E-state index is 0.763. The lowest BCUT2D eigenvalue weighted by atomic mass is 9.85. The first kappa shape index (κ1) is 10.5. The molecule has 2 aliphatic rings. The van der Waals surface area contributed by atoms with Gasteiger partial charge in [-0.1, -0.05) is 32.1 Å². The van der Waals surface area contributed by atoms with Crippen LogP contribution in [-0.4, -0.2) is 12.6 Å². The lowest BCUT2D eigenvalue weighted by molar-refractivity contribution is 0.281. The molecule has 82 valence electrons. The maximum atomic E-state index is 3.71. The minimum atomic E-state index is 0.763. The van der Waals surface area contributed by atoms with Gasteiger partial charge in [0.2, 0.25) is 0 Å². The summed E-state index contributed by atoms with van der Waals surface area (Å²) >= 11 is 0. The van der Waals surface area contributed by atoms with Gasteiger partial charge in [-0.15, -0.1) is 0 Å². The molecule has 2 rings (SSSR count). The highest BCUT2D eigenvalue weighted by molar-refractivity contribution is 4.76. The van der Waals surface area contributed by atoms with Gasteiger partial charge in [-0.05, 0) is 44.6 Å². The van der Waals surface area contributed by atoms with Crippen LogP contribution in [0.3, 0.4) is 0 Å². The molecular weight excluding hydrogens is 170 g/mol. The van der Waals surface area contributed by atoms with Gasteiger partial charge in [0.05, 0.1) is 0 Å². The third-order valence-corrected chi connectivity index (χ3v) is 4.14. The van der Waals surface area contributed by atoms with E-state index in [1.807, 2.05) is 0 Å². The molecule has 2 saturated carbocycles. The van der Waals surface area contributed by atoms with Gasteiger partial charge in [0, 0.05) is 6.04 Å². The molecule has 0 saturated heterocycles. The number of hydrogen-bond donors (Lipinski definition) is 1. The van der Waals surface area contributed by atoms with Crippen molar-refractivity contribution in [2.75, 3.05) is 6.54 Å². The molecule has 1 atom stereocenters. The van der Waals surface area contributed by atoms with Crippen molar-refractivity contribution in [2.45, 2.75) is 64.3 Å². The highest BCUT2D eigenvalue weighted by Crippen LogP contribution is 2.29. The zero-order chi connectivity index (χ0) is 9.80. The largest absolute Gasteiger partial charge is 0.314 e. The van der Waals surface area contributed by atoms with Crippen molar-refractivity contribution in [3.05, 3.63) is 0 Å². The Kier molecular flexibility index (Phi) is 3.86. The quantitative estimate of drug-likeness (QED) is 0.709. The van der Waals surface area contributed by atoms with E-state index in [1.54, 1.807) is 0 Å². The van der Waals surface area contributed by atoms with Crippen molar-refractivity contribution >= 4 is 0 Å². The predicted octanol–water partition coefficient (Wildman–Crippen LogP) is 3.34. The van der Waals surface area contributed by atoms with Gasteiger partial charge in [-0.2, -0.15) is 0 Å². The van der Waals surface area contributed by atoms with Crippen LogP contribution in [0.25, 0.3) is 0 Å². The molecule has 2 fully saturated rings. The fourth-order valence-electron chi connectivity index (χ4n) is 2.89. The zero-order valence-corrected chi connectivity index (χ0v) is 9.60. The van der Waals surface area contributed by atoms with Gasteiger partial charge >= 0.3 is 0 Å². The van der Waals surface area contributed by atoms with Crippen molar-refractivity contribution < 1.29 is 0 Å². The van der Waals surface area contributed by atoms with E-state index in [4.69, 9.17) is 0 Å². The van der Waals surface area contributed by atoms with E-state index >= 15 is 0 Å². The SMILES string of the molecule is CC(CC1CCCC1)NCC1CCC1. The van der Waals surface area contributed by atoms with Gasteiger partial charge in [0.25, 0.3) is 0 Å². The first-order valence-electron chi connectivity index (χ1n) is 6.58. The second kappa shape index (κ2) is 5.16. The topological polar surface area (TPSA) is 12.0 Å². The average molecular weight is 195 g/mol. The van der Waals surface area contributed by atoms with Crippen molar-refractivity contribution in [1.29, 1.82) is 0 Å². The molecule has 1 heteroatoms. The Morgan fingerprint density at radius 3 is 2.21 bits per heavy atom. The summed E-state index contributed by atoms with van der Waals surface area (Å²) < 4.78 is 0. The van der Waals surface area contributed by atoms with E-state index in [0.29, 0.717) is 0 Å². The summed E-state index contributed by atoms with van der Waals surface area (Å²) in [4.78, 5) is 0. The van der Waals surface area contributed by atoms with E-state index in [-0.39, 0.29) is 0 Å². The van der Waals surface area contributed by atoms with Gasteiger partial charge in [-0.3, -0.25) is 0 Å². The second-order valence-electron chi connectivity index (χ2n) is 5.49. The summed E-state index contributed by atoms with van der Waals surface area (Å²) in [6, 6.07) is 0.763. The molecule has 1 unspecified atom stereocenters. The molecule has 0 heterocycles. The molecule has 1 N–H and O–H groups in total. The fraction of sp³-hybridized carbons (Fsp3) is 1.00. The van der Waals surface area contributed by atoms with E-state index < -0.39 is 0 Å². The molecule has 0 aromatic carbocycles. The number of rotatable bonds is 5. The Morgan fingerprint density at radius 1 is 1.00 bits per heavy atom. The minimum Gasteiger partial charge on any atom is -0.314 e. The lowest BCUT2D eigenvalue weighted by Gasteiger charge is -2.28. The third kappa shape index (κ3) is 2.98. The molecular formula is C13H25N. The van der Waals surface area contributed by atoms with Crippen LogP contribution in [0.2, 0.25) is 0 Å². The van der Waals surface area contributed by atoms with Crippen LogP contribution in [0.15, 0.2) is 0 Å². The molecule has 1 nitrogen and oxygen atoms in total. The van der Waals surface area contributed by atoms with Gasteiger partial charge < -0.3 is 5.32 Å². The Morgan fingerprint density at radius 2 is 1.64 bits per heavy atom. The highest BCUT2D eigenvalue weighted by Gasteiger charge is 2.20. The van der Waals surface area contributed by atoms with Gasteiger partial charge in [0.1, 0.15) is 0 Å². The van der Waals surface area contributed by atoms with E-state index in [0.717, 1.165) is 17.9 Å². The lowest BCUT2D eigenvalue weighted by Crippen LogP contribution is -2.34. The molecule has 0 aromatic rings. The van der Waals surface area contributed by atoms with E-state index in [2.05, 4.69) is 12.2 Å². The summed E-state index contributed by atoms with van der Waals surface area (Å²) in [6.07, 6.45) is 11.8. The van der Waals surface area contributed by atoms with Crippen molar-refractivity contribution in [2.24, 2.45) is 11.8 Å². The van der Waals surface area contributed by atoms with Crippen LogP contribution < -0.4 is 5.32 Å². The van der Waals surface area contributed by atoms with Crippen molar-refractivity contribution in [3.63, 3.8) is 0 Å². The standard InChI is InChI=1S/C13H25N/c1-11(9-12-5-2-3-6-12)14-10-13-7-4-8-13/h11-14H,2-10H2,1H3. The monoisotopic (exact) mass is 195 g/mol. The fourth-order valence-corrected chi connectivity index (χ4v) is 2.89.